The molecule has 0 saturated carbocycles. The first-order valence-corrected chi connectivity index (χ1v) is 10.5. The van der Waals surface area contributed by atoms with Crippen LogP contribution in [0, 0.1) is 0 Å². The molecular formula is C23H22N4O2S. The molecule has 4 aromatic rings. The minimum absolute atomic E-state index is 0.676. The van der Waals surface area contributed by atoms with E-state index >= 15 is 0 Å². The van der Waals surface area contributed by atoms with Gasteiger partial charge in [0.05, 0.1) is 20.8 Å². The number of nitrogens with zero attached hydrogens (tertiary/aromatic N) is 4. The van der Waals surface area contributed by atoms with E-state index in [0.717, 1.165) is 33.6 Å². The van der Waals surface area contributed by atoms with E-state index in [2.05, 4.69) is 31.9 Å². The molecule has 0 amide bonds. The number of pyridine rings is 1. The Morgan fingerprint density at radius 2 is 1.80 bits per heavy atom. The van der Waals surface area contributed by atoms with Gasteiger partial charge >= 0.3 is 0 Å². The second kappa shape index (κ2) is 9.45. The van der Waals surface area contributed by atoms with Crippen molar-refractivity contribution in [2.24, 2.45) is 0 Å². The molecule has 0 N–H and O–H groups in total. The molecule has 0 saturated heterocycles. The van der Waals surface area contributed by atoms with Crippen LogP contribution in [-0.4, -0.2) is 34.0 Å². The molecule has 0 radical (unpaired) electrons. The zero-order valence-electron chi connectivity index (χ0n) is 16.9. The fraction of sp³-hybridized carbons (Fsp3) is 0.174. The Balaban J connectivity index is 1.66. The fourth-order valence-electron chi connectivity index (χ4n) is 3.15. The molecule has 30 heavy (non-hydrogen) atoms. The summed E-state index contributed by atoms with van der Waals surface area (Å²) in [6.45, 7) is 0.676. The van der Waals surface area contributed by atoms with Crippen molar-refractivity contribution in [2.45, 2.75) is 17.5 Å². The van der Waals surface area contributed by atoms with Gasteiger partial charge in [-0.3, -0.25) is 9.55 Å². The van der Waals surface area contributed by atoms with Crippen LogP contribution in [0.5, 0.6) is 11.5 Å². The molecule has 0 aliphatic heterocycles. The van der Waals surface area contributed by atoms with Gasteiger partial charge in [0.2, 0.25) is 0 Å². The predicted octanol–water partition coefficient (Wildman–Crippen LogP) is 4.70. The van der Waals surface area contributed by atoms with E-state index in [-0.39, 0.29) is 0 Å². The normalized spacial score (nSPS) is 10.7. The van der Waals surface area contributed by atoms with Crippen molar-refractivity contribution in [3.63, 3.8) is 0 Å². The average Bonchev–Trinajstić information content (AvgIpc) is 3.21. The van der Waals surface area contributed by atoms with Crippen molar-refractivity contribution in [2.75, 3.05) is 14.2 Å². The Hall–Kier alpha value is -3.32. The highest BCUT2D eigenvalue weighted by atomic mass is 32.2. The SMILES string of the molecule is COc1ccc(OC)c(CSc2nnc(-c3cccnc3)n2Cc2ccccc2)c1. The van der Waals surface area contributed by atoms with Crippen LogP contribution in [-0.2, 0) is 12.3 Å². The summed E-state index contributed by atoms with van der Waals surface area (Å²) in [5.41, 5.74) is 3.16. The van der Waals surface area contributed by atoms with Crippen LogP contribution in [0.3, 0.4) is 0 Å². The molecule has 2 heterocycles. The highest BCUT2D eigenvalue weighted by Crippen LogP contribution is 2.32. The zero-order valence-corrected chi connectivity index (χ0v) is 17.7. The standard InChI is InChI=1S/C23H22N4O2S/c1-28-20-10-11-21(29-2)19(13-20)16-30-23-26-25-22(18-9-6-12-24-14-18)27(23)15-17-7-4-3-5-8-17/h3-14H,15-16H2,1-2H3. The number of rotatable bonds is 8. The lowest BCUT2D eigenvalue weighted by molar-refractivity contribution is 0.400. The molecule has 152 valence electrons. The summed E-state index contributed by atoms with van der Waals surface area (Å²) in [6, 6.07) is 20.0. The van der Waals surface area contributed by atoms with E-state index in [1.165, 1.54) is 5.56 Å². The number of aromatic nitrogens is 4. The molecule has 2 aromatic heterocycles. The van der Waals surface area contributed by atoms with Gasteiger partial charge < -0.3 is 9.47 Å². The van der Waals surface area contributed by atoms with Crippen molar-refractivity contribution in [1.82, 2.24) is 19.7 Å². The lowest BCUT2D eigenvalue weighted by Gasteiger charge is -2.12. The summed E-state index contributed by atoms with van der Waals surface area (Å²) in [5.74, 6) is 3.10. The molecular weight excluding hydrogens is 396 g/mol. The Labute approximate surface area is 179 Å². The van der Waals surface area contributed by atoms with Crippen LogP contribution in [0.4, 0.5) is 0 Å². The summed E-state index contributed by atoms with van der Waals surface area (Å²) < 4.78 is 13.0. The maximum Gasteiger partial charge on any atom is 0.192 e. The van der Waals surface area contributed by atoms with Crippen LogP contribution in [0.1, 0.15) is 11.1 Å². The van der Waals surface area contributed by atoms with Gasteiger partial charge in [-0.25, -0.2) is 0 Å². The fourth-order valence-corrected chi connectivity index (χ4v) is 4.07. The monoisotopic (exact) mass is 418 g/mol. The van der Waals surface area contributed by atoms with E-state index in [1.807, 2.05) is 54.7 Å². The van der Waals surface area contributed by atoms with Crippen molar-refractivity contribution in [1.29, 1.82) is 0 Å². The largest absolute Gasteiger partial charge is 0.497 e. The molecule has 4 rings (SSSR count). The van der Waals surface area contributed by atoms with Crippen molar-refractivity contribution < 1.29 is 9.47 Å². The smallest absolute Gasteiger partial charge is 0.192 e. The maximum atomic E-state index is 5.51. The third-order valence-corrected chi connectivity index (χ3v) is 5.68. The number of thioether (sulfide) groups is 1. The van der Waals surface area contributed by atoms with Gasteiger partial charge in [-0.05, 0) is 35.9 Å². The van der Waals surface area contributed by atoms with Crippen LogP contribution >= 0.6 is 11.8 Å². The first-order chi connectivity index (χ1) is 14.8. The Kier molecular flexibility index (Phi) is 6.29. The van der Waals surface area contributed by atoms with Crippen LogP contribution in [0.25, 0.3) is 11.4 Å². The molecule has 0 bridgehead atoms. The molecule has 0 fully saturated rings. The minimum atomic E-state index is 0.676. The third-order valence-electron chi connectivity index (χ3n) is 4.66. The highest BCUT2D eigenvalue weighted by molar-refractivity contribution is 7.98. The Morgan fingerprint density at radius 3 is 2.53 bits per heavy atom. The van der Waals surface area contributed by atoms with Gasteiger partial charge in [-0.1, -0.05) is 42.1 Å². The second-order valence-corrected chi connectivity index (χ2v) is 7.53. The van der Waals surface area contributed by atoms with Gasteiger partial charge in [0.15, 0.2) is 11.0 Å². The van der Waals surface area contributed by atoms with Crippen LogP contribution < -0.4 is 9.47 Å². The first kappa shape index (κ1) is 20.0. The number of ether oxygens (including phenoxy) is 2. The summed E-state index contributed by atoms with van der Waals surface area (Å²) >= 11 is 1.62. The topological polar surface area (TPSA) is 62.1 Å². The minimum Gasteiger partial charge on any atom is -0.497 e. The van der Waals surface area contributed by atoms with Gasteiger partial charge in [0, 0.05) is 29.3 Å². The van der Waals surface area contributed by atoms with Crippen LogP contribution in [0.15, 0.2) is 78.2 Å². The number of hydrogen-bond donors (Lipinski definition) is 0. The third kappa shape index (κ3) is 4.46. The van der Waals surface area contributed by atoms with Crippen molar-refractivity contribution in [3.8, 4) is 22.9 Å². The van der Waals surface area contributed by atoms with Gasteiger partial charge in [-0.15, -0.1) is 10.2 Å². The van der Waals surface area contributed by atoms with E-state index in [9.17, 15) is 0 Å². The van der Waals surface area contributed by atoms with E-state index in [0.29, 0.717) is 12.3 Å². The summed E-state index contributed by atoms with van der Waals surface area (Å²) in [6.07, 6.45) is 3.57. The molecule has 0 atom stereocenters. The maximum absolute atomic E-state index is 5.51. The molecule has 2 aromatic carbocycles. The summed E-state index contributed by atoms with van der Waals surface area (Å²) in [7, 11) is 3.34. The number of benzene rings is 2. The summed E-state index contributed by atoms with van der Waals surface area (Å²) in [5, 5.41) is 9.78. The lowest BCUT2D eigenvalue weighted by Crippen LogP contribution is -2.04. The molecule has 7 heteroatoms. The zero-order chi connectivity index (χ0) is 20.8. The van der Waals surface area contributed by atoms with Gasteiger partial charge in [-0.2, -0.15) is 0 Å². The van der Waals surface area contributed by atoms with Crippen molar-refractivity contribution in [3.05, 3.63) is 84.2 Å². The first-order valence-electron chi connectivity index (χ1n) is 9.49. The van der Waals surface area contributed by atoms with Crippen LogP contribution in [0.2, 0.25) is 0 Å². The summed E-state index contributed by atoms with van der Waals surface area (Å²) in [4.78, 5) is 4.24. The number of methoxy groups -OCH3 is 2. The highest BCUT2D eigenvalue weighted by Gasteiger charge is 2.16. The Bertz CT molecular complexity index is 1100. The molecule has 0 unspecified atom stereocenters. The van der Waals surface area contributed by atoms with E-state index in [4.69, 9.17) is 9.47 Å². The number of hydrogen-bond acceptors (Lipinski definition) is 6. The molecule has 6 nitrogen and oxygen atoms in total. The van der Waals surface area contributed by atoms with E-state index in [1.54, 1.807) is 32.2 Å². The Morgan fingerprint density at radius 1 is 0.933 bits per heavy atom. The van der Waals surface area contributed by atoms with Gasteiger partial charge in [0.1, 0.15) is 11.5 Å². The quantitative estimate of drug-likeness (QED) is 0.387. The average molecular weight is 419 g/mol. The second-order valence-electron chi connectivity index (χ2n) is 6.59. The lowest BCUT2D eigenvalue weighted by atomic mass is 10.2. The molecule has 0 aliphatic carbocycles. The van der Waals surface area contributed by atoms with Gasteiger partial charge in [0.25, 0.3) is 0 Å². The predicted molar refractivity (Wildman–Crippen MR) is 118 cm³/mol. The van der Waals surface area contributed by atoms with Crippen molar-refractivity contribution >= 4 is 11.8 Å². The van der Waals surface area contributed by atoms with E-state index < -0.39 is 0 Å². The molecule has 0 spiro atoms. The molecule has 0 aliphatic rings.